The number of esters is 4. The van der Waals surface area contributed by atoms with E-state index in [2.05, 4.69) is 35.9 Å². The second kappa shape index (κ2) is 29.1. The number of aromatic amines is 1. The van der Waals surface area contributed by atoms with E-state index in [1.165, 1.54) is 32.4 Å². The maximum atomic E-state index is 15.9. The van der Waals surface area contributed by atoms with Crippen LogP contribution >= 0.6 is 0 Å². The van der Waals surface area contributed by atoms with Crippen molar-refractivity contribution in [1.82, 2.24) is 35.9 Å². The van der Waals surface area contributed by atoms with Gasteiger partial charge in [-0.15, -0.1) is 0 Å². The number of aliphatic hydroxyl groups is 1. The molecular formula is C70H84N8O19. The molecule has 1 saturated heterocycles. The SMILES string of the molecule is CO[C@H]1C[C@H]2OC[C@@]2(OC(C)=O)[C@H]2[C@H](OC(=O)c3ccccc3)[C@]3(O)C[C@H](OC(=O)[C@H](OC(=O)CCC(=O)NCCCC[C@H](NC(=O)c4ccc(CCc5cnc6nc(N)[nH]c(=O)c6n5)cc4)C(=O)O)[C@@H](NC(=O)OC(C)(C)C)c4ccccc4)C(C)=C([C@@H](C)C(=O)[C@]12C)C3(C)C. The first-order valence-corrected chi connectivity index (χ1v) is 32.2. The number of carbonyl (C=O) groups excluding carboxylic acids is 8. The highest BCUT2D eigenvalue weighted by Gasteiger charge is 2.78. The van der Waals surface area contributed by atoms with Crippen molar-refractivity contribution >= 4 is 70.6 Å². The molecule has 8 N–H and O–H groups in total. The lowest BCUT2D eigenvalue weighted by atomic mass is 9.43. The van der Waals surface area contributed by atoms with Crippen LogP contribution in [0.1, 0.15) is 151 Å². The lowest BCUT2D eigenvalue weighted by Gasteiger charge is -2.68. The van der Waals surface area contributed by atoms with Crippen molar-refractivity contribution in [1.29, 1.82) is 0 Å². The predicted molar refractivity (Wildman–Crippen MR) is 347 cm³/mol. The van der Waals surface area contributed by atoms with E-state index in [0.29, 0.717) is 29.7 Å². The molecule has 3 heterocycles. The minimum atomic E-state index is -2.31. The maximum Gasteiger partial charge on any atom is 0.408 e. The first-order valence-electron chi connectivity index (χ1n) is 32.2. The van der Waals surface area contributed by atoms with Crippen molar-refractivity contribution in [2.24, 2.45) is 22.7 Å². The highest BCUT2D eigenvalue weighted by Crippen LogP contribution is 2.65. The van der Waals surface area contributed by atoms with Gasteiger partial charge in [0.05, 0.1) is 47.9 Å². The summed E-state index contributed by atoms with van der Waals surface area (Å²) in [6.45, 7) is 14.2. The van der Waals surface area contributed by atoms with Crippen molar-refractivity contribution in [2.75, 3.05) is 26.0 Å². The number of nitrogen functional groups attached to an aromatic ring is 1. The molecule has 3 aliphatic carbocycles. The van der Waals surface area contributed by atoms with Crippen LogP contribution in [0.4, 0.5) is 10.7 Å². The number of hydrogen-bond acceptors (Lipinski definition) is 22. The number of anilines is 1. The van der Waals surface area contributed by atoms with Crippen LogP contribution in [-0.4, -0.2) is 157 Å². The van der Waals surface area contributed by atoms with Crippen molar-refractivity contribution in [3.05, 3.63) is 141 Å². The normalized spacial score (nSPS) is 25.0. The van der Waals surface area contributed by atoms with Gasteiger partial charge in [-0.1, -0.05) is 81.4 Å². The van der Waals surface area contributed by atoms with Crippen LogP contribution in [0.2, 0.25) is 0 Å². The Hall–Kier alpha value is -9.47. The van der Waals surface area contributed by atoms with Crippen molar-refractivity contribution in [3.63, 3.8) is 0 Å². The number of aromatic nitrogens is 4. The number of Topliss-reactive ketones (excluding diaryl/α,β-unsaturated/α-hetero) is 1. The van der Waals surface area contributed by atoms with Crippen LogP contribution in [0.15, 0.2) is 107 Å². The number of nitrogens with zero attached hydrogens (tertiary/aromatic N) is 3. The van der Waals surface area contributed by atoms with Crippen LogP contribution in [-0.2, 0) is 74.8 Å². The summed E-state index contributed by atoms with van der Waals surface area (Å²) in [4.78, 5) is 153. The van der Waals surface area contributed by atoms with Gasteiger partial charge in [0.25, 0.3) is 11.5 Å². The highest BCUT2D eigenvalue weighted by molar-refractivity contribution is 5.97. The third-order valence-electron chi connectivity index (χ3n) is 19.1. The minimum Gasteiger partial charge on any atom is -0.480 e. The third kappa shape index (κ3) is 15.2. The zero-order chi connectivity index (χ0) is 70.5. The molecule has 2 aromatic heterocycles. The molecule has 3 amide bonds. The number of carbonyl (C=O) groups is 9. The number of carboxylic acid groups (broad SMARTS) is 1. The number of H-pyrrole nitrogens is 1. The van der Waals surface area contributed by atoms with Crippen LogP contribution in [0.3, 0.4) is 0 Å². The van der Waals surface area contributed by atoms with E-state index in [-0.39, 0.29) is 72.6 Å². The molecule has 4 aliphatic rings. The lowest BCUT2D eigenvalue weighted by molar-refractivity contribution is -0.346. The largest absolute Gasteiger partial charge is 0.480 e. The molecule has 5 aromatic rings. The number of methoxy groups -OCH3 is 1. The zero-order valence-corrected chi connectivity index (χ0v) is 55.9. The first-order chi connectivity index (χ1) is 45.8. The number of carboxylic acids is 1. The van der Waals surface area contributed by atoms with Crippen LogP contribution < -0.4 is 27.2 Å². The third-order valence-corrected chi connectivity index (χ3v) is 19.1. The molecular weight excluding hydrogens is 1260 g/mol. The van der Waals surface area contributed by atoms with Gasteiger partial charge in [-0.2, -0.15) is 4.98 Å². The van der Waals surface area contributed by atoms with E-state index < -0.39 is 160 Å². The van der Waals surface area contributed by atoms with E-state index in [9.17, 15) is 48.6 Å². The fourth-order valence-corrected chi connectivity index (χ4v) is 14.4. The number of ether oxygens (including phenoxy) is 7. The summed E-state index contributed by atoms with van der Waals surface area (Å²) < 4.78 is 43.2. The number of benzene rings is 3. The number of nitrogens with two attached hydrogens (primary N) is 1. The highest BCUT2D eigenvalue weighted by atomic mass is 16.6. The topological polar surface area (TPSA) is 392 Å². The fraction of sp³-hybridized carbons (Fsp3) is 0.500. The molecule has 0 radical (unpaired) electrons. The molecule has 9 rings (SSSR count). The van der Waals surface area contributed by atoms with Gasteiger partial charge in [0, 0.05) is 56.7 Å². The average molecular weight is 1340 g/mol. The molecule has 27 nitrogen and oxygen atoms in total. The number of amides is 3. The quantitative estimate of drug-likeness (QED) is 0.0159. The van der Waals surface area contributed by atoms with Crippen LogP contribution in [0, 0.1) is 22.7 Å². The number of nitrogens with one attached hydrogen (secondary N) is 4. The van der Waals surface area contributed by atoms with Gasteiger partial charge in [0.1, 0.15) is 47.4 Å². The van der Waals surface area contributed by atoms with Gasteiger partial charge in [0.2, 0.25) is 18.0 Å². The standard InChI is InChI=1S/C70H84N8O19/c1-37-46(34-70(90)57(95-62(87)43-21-15-12-16-22-43)55-68(9,56(82)38(2)51(37)67(70,7)8)47(91-10)33-48-69(55,36-92-48)96-39(3)79)93-63(88)54(52(41-19-13-11-14-20-41)76-65(89)97-66(4,5)6)94-50(81)31-30-49(80)72-32-18-17-23-45(61(85)86)75-59(83)42-27-24-40(25-28-42)26-29-44-35-73-58-53(74-44)60(84)78-64(71)77-58/h11-16,19-22,24-25,27-28,35,38,45-48,52,54-55,57,90H,17-18,23,26,29-34,36H2,1-10H3,(H,72,80)(H,75,83)(H,76,89)(H,85,86)(H3,71,73,77,78,84)/t38-,45+,46+,47+,48-,52+,54-,55+,57+,68-,69+,70-/m1/s1. The Morgan fingerprint density at radius 1 is 0.866 bits per heavy atom. The van der Waals surface area contributed by atoms with E-state index in [1.54, 1.807) is 128 Å². The van der Waals surface area contributed by atoms with Crippen molar-refractivity contribution in [3.8, 4) is 0 Å². The smallest absolute Gasteiger partial charge is 0.408 e. The van der Waals surface area contributed by atoms with E-state index in [0.717, 1.165) is 5.56 Å². The van der Waals surface area contributed by atoms with Crippen molar-refractivity contribution in [2.45, 2.75) is 180 Å². The minimum absolute atomic E-state index is 0.00582. The van der Waals surface area contributed by atoms with Crippen molar-refractivity contribution < 1.29 is 86.5 Å². The molecule has 0 spiro atoms. The van der Waals surface area contributed by atoms with E-state index in [1.807, 2.05) is 0 Å². The molecule has 3 aromatic carbocycles. The van der Waals surface area contributed by atoms with E-state index in [4.69, 9.17) is 38.9 Å². The predicted octanol–water partition coefficient (Wildman–Crippen LogP) is 6.08. The fourth-order valence-electron chi connectivity index (χ4n) is 14.4. The number of hydrogen-bond donors (Lipinski definition) is 7. The van der Waals surface area contributed by atoms with Gasteiger partial charge in [-0.25, -0.2) is 29.1 Å². The second-order valence-corrected chi connectivity index (χ2v) is 27.0. The number of rotatable bonds is 24. The summed E-state index contributed by atoms with van der Waals surface area (Å²) in [5.41, 5.74) is -0.310. The number of fused-ring (bicyclic) bond motifs is 6. The number of unbranched alkanes of at least 4 members (excludes halogenated alkanes) is 1. The molecule has 12 atom stereocenters. The molecule has 518 valence electrons. The summed E-state index contributed by atoms with van der Waals surface area (Å²) in [5.74, 6) is -9.35. The molecule has 27 heteroatoms. The Morgan fingerprint density at radius 3 is 2.18 bits per heavy atom. The van der Waals surface area contributed by atoms with E-state index >= 15 is 9.59 Å². The van der Waals surface area contributed by atoms with Gasteiger partial charge in [-0.05, 0) is 113 Å². The Bertz CT molecular complexity index is 3910. The number of aliphatic carboxylic acids is 1. The molecule has 97 heavy (non-hydrogen) atoms. The van der Waals surface area contributed by atoms with Gasteiger partial charge < -0.3 is 65.1 Å². The van der Waals surface area contributed by atoms with Gasteiger partial charge in [-0.3, -0.25) is 33.8 Å². The summed E-state index contributed by atoms with van der Waals surface area (Å²) in [5, 5.41) is 32.0. The number of ketones is 1. The monoisotopic (exact) mass is 1340 g/mol. The van der Waals surface area contributed by atoms with Crippen LogP contribution in [0.5, 0.6) is 0 Å². The Morgan fingerprint density at radius 2 is 1.55 bits per heavy atom. The molecule has 3 fully saturated rings. The average Bonchev–Trinajstić information content (AvgIpc) is 0.670. The molecule has 2 bridgehead atoms. The summed E-state index contributed by atoms with van der Waals surface area (Å²) in [6, 6.07) is 19.8. The summed E-state index contributed by atoms with van der Waals surface area (Å²) >= 11 is 0. The second-order valence-electron chi connectivity index (χ2n) is 27.0. The zero-order valence-electron chi connectivity index (χ0n) is 55.9. The Balaban J connectivity index is 0.902. The summed E-state index contributed by atoms with van der Waals surface area (Å²) in [7, 11) is 1.43. The molecule has 0 unspecified atom stereocenters. The Kier molecular flexibility index (Phi) is 21.5. The Labute approximate surface area is 559 Å². The van der Waals surface area contributed by atoms with Gasteiger partial charge >= 0.3 is 35.9 Å². The molecule has 1 aliphatic heterocycles. The number of aryl methyl sites for hydroxylation is 2. The van der Waals surface area contributed by atoms with Crippen LogP contribution in [0.25, 0.3) is 11.2 Å². The summed E-state index contributed by atoms with van der Waals surface area (Å²) in [6.07, 6.45) is -6.62. The number of alkyl carbamates (subject to hydrolysis) is 1. The van der Waals surface area contributed by atoms with Gasteiger partial charge in [0.15, 0.2) is 16.8 Å². The molecule has 2 saturated carbocycles. The first kappa shape index (κ1) is 71.8. The maximum absolute atomic E-state index is 15.9. The lowest BCUT2D eigenvalue weighted by Crippen LogP contribution is -2.81.